The summed E-state index contributed by atoms with van der Waals surface area (Å²) in [4.78, 5) is 5.84. The van der Waals surface area contributed by atoms with Crippen molar-refractivity contribution in [3.8, 4) is 0 Å². The second-order valence-electron chi connectivity index (χ2n) is 5.44. The molecular weight excluding hydrogens is 298 g/mol. The SMILES string of the molecule is CC(C)(C)c1csc(CC(NN)c2ccc(Cl)s2)n1. The van der Waals surface area contributed by atoms with Crippen LogP contribution in [0, 0.1) is 0 Å². The fourth-order valence-corrected chi connectivity index (χ4v) is 3.87. The summed E-state index contributed by atoms with van der Waals surface area (Å²) >= 11 is 9.20. The highest BCUT2D eigenvalue weighted by atomic mass is 35.5. The van der Waals surface area contributed by atoms with Crippen molar-refractivity contribution in [2.45, 2.75) is 38.6 Å². The van der Waals surface area contributed by atoms with Gasteiger partial charge in [-0.2, -0.15) is 0 Å². The van der Waals surface area contributed by atoms with Gasteiger partial charge in [0.1, 0.15) is 0 Å². The van der Waals surface area contributed by atoms with Crippen LogP contribution in [0.25, 0.3) is 0 Å². The second-order valence-corrected chi connectivity index (χ2v) is 8.13. The van der Waals surface area contributed by atoms with Gasteiger partial charge in [-0.3, -0.25) is 11.3 Å². The predicted octanol–water partition coefficient (Wildman–Crippen LogP) is 3.90. The fraction of sp³-hybridized carbons (Fsp3) is 0.462. The van der Waals surface area contributed by atoms with E-state index < -0.39 is 0 Å². The Hall–Kier alpha value is -0.460. The first-order valence-corrected chi connectivity index (χ1v) is 8.14. The van der Waals surface area contributed by atoms with E-state index >= 15 is 0 Å². The topological polar surface area (TPSA) is 50.9 Å². The number of nitrogens with one attached hydrogen (secondary N) is 1. The zero-order valence-corrected chi connectivity index (χ0v) is 13.6. The van der Waals surface area contributed by atoms with Crippen molar-refractivity contribution in [1.29, 1.82) is 0 Å². The van der Waals surface area contributed by atoms with Crippen LogP contribution in [0.15, 0.2) is 17.5 Å². The Morgan fingerprint density at radius 1 is 1.42 bits per heavy atom. The van der Waals surface area contributed by atoms with Crippen LogP contribution in [0.4, 0.5) is 0 Å². The van der Waals surface area contributed by atoms with E-state index in [9.17, 15) is 0 Å². The van der Waals surface area contributed by atoms with Gasteiger partial charge < -0.3 is 0 Å². The van der Waals surface area contributed by atoms with Crippen LogP contribution in [0.2, 0.25) is 4.34 Å². The van der Waals surface area contributed by atoms with Gasteiger partial charge in [0, 0.05) is 22.1 Å². The molecule has 0 aliphatic carbocycles. The van der Waals surface area contributed by atoms with Crippen LogP contribution >= 0.6 is 34.3 Å². The maximum Gasteiger partial charge on any atom is 0.0948 e. The average Bonchev–Trinajstić information content (AvgIpc) is 2.94. The molecule has 0 radical (unpaired) electrons. The lowest BCUT2D eigenvalue weighted by Gasteiger charge is -2.15. The third-order valence-electron chi connectivity index (χ3n) is 2.84. The van der Waals surface area contributed by atoms with Gasteiger partial charge in [0.2, 0.25) is 0 Å². The van der Waals surface area contributed by atoms with Crippen molar-refractivity contribution in [2.75, 3.05) is 0 Å². The second kappa shape index (κ2) is 5.89. The minimum Gasteiger partial charge on any atom is -0.271 e. The van der Waals surface area contributed by atoms with Crippen LogP contribution < -0.4 is 11.3 Å². The number of aromatic nitrogens is 1. The minimum absolute atomic E-state index is 0.0662. The molecule has 3 nitrogen and oxygen atoms in total. The van der Waals surface area contributed by atoms with Gasteiger partial charge in [-0.1, -0.05) is 32.4 Å². The van der Waals surface area contributed by atoms with Crippen molar-refractivity contribution in [1.82, 2.24) is 10.4 Å². The van der Waals surface area contributed by atoms with E-state index in [1.54, 1.807) is 22.7 Å². The number of hydrogen-bond acceptors (Lipinski definition) is 5. The lowest BCUT2D eigenvalue weighted by atomic mass is 9.93. The zero-order valence-electron chi connectivity index (χ0n) is 11.2. The molecule has 2 heterocycles. The highest BCUT2D eigenvalue weighted by molar-refractivity contribution is 7.16. The normalized spacial score (nSPS) is 13.7. The molecule has 0 aliphatic heterocycles. The van der Waals surface area contributed by atoms with Gasteiger partial charge in [0.25, 0.3) is 0 Å². The average molecular weight is 316 g/mol. The first-order chi connectivity index (χ1) is 8.90. The molecule has 0 saturated heterocycles. The molecule has 104 valence electrons. The summed E-state index contributed by atoms with van der Waals surface area (Å²) in [5.41, 5.74) is 4.07. The van der Waals surface area contributed by atoms with Crippen molar-refractivity contribution in [2.24, 2.45) is 5.84 Å². The van der Waals surface area contributed by atoms with Crippen molar-refractivity contribution in [3.63, 3.8) is 0 Å². The van der Waals surface area contributed by atoms with Gasteiger partial charge in [0.15, 0.2) is 0 Å². The maximum atomic E-state index is 5.97. The van der Waals surface area contributed by atoms with Gasteiger partial charge >= 0.3 is 0 Å². The minimum atomic E-state index is 0.0662. The third kappa shape index (κ3) is 3.77. The van der Waals surface area contributed by atoms with E-state index in [2.05, 4.69) is 31.6 Å². The van der Waals surface area contributed by atoms with E-state index in [-0.39, 0.29) is 11.5 Å². The molecule has 0 bridgehead atoms. The molecule has 1 unspecified atom stereocenters. The summed E-state index contributed by atoms with van der Waals surface area (Å²) in [6.07, 6.45) is 0.786. The summed E-state index contributed by atoms with van der Waals surface area (Å²) < 4.78 is 0.782. The smallest absolute Gasteiger partial charge is 0.0948 e. The van der Waals surface area contributed by atoms with E-state index in [1.807, 2.05) is 12.1 Å². The Bertz CT molecular complexity index is 542. The van der Waals surface area contributed by atoms with E-state index in [4.69, 9.17) is 22.4 Å². The highest BCUT2D eigenvalue weighted by Crippen LogP contribution is 2.30. The Balaban J connectivity index is 2.13. The van der Waals surface area contributed by atoms with Crippen LogP contribution in [-0.2, 0) is 11.8 Å². The van der Waals surface area contributed by atoms with Crippen LogP contribution in [0.3, 0.4) is 0 Å². The van der Waals surface area contributed by atoms with Crippen LogP contribution in [0.1, 0.15) is 42.4 Å². The standard InChI is InChI=1S/C13H18ClN3S2/c1-13(2,3)10-7-18-12(16-10)6-8(17-15)9-4-5-11(14)19-9/h4-5,7-8,17H,6,15H2,1-3H3. The van der Waals surface area contributed by atoms with Crippen molar-refractivity contribution >= 4 is 34.3 Å². The van der Waals surface area contributed by atoms with E-state index in [0.717, 1.165) is 26.3 Å². The number of rotatable bonds is 4. The number of halogens is 1. The molecule has 0 saturated carbocycles. The molecule has 0 spiro atoms. The molecule has 2 aromatic heterocycles. The molecule has 6 heteroatoms. The fourth-order valence-electron chi connectivity index (χ4n) is 1.68. The summed E-state index contributed by atoms with van der Waals surface area (Å²) in [6, 6.07) is 3.97. The summed E-state index contributed by atoms with van der Waals surface area (Å²) in [5, 5.41) is 3.22. The third-order valence-corrected chi connectivity index (χ3v) is 5.05. The van der Waals surface area contributed by atoms with Gasteiger partial charge in [-0.25, -0.2) is 4.98 Å². The number of nitrogens with zero attached hydrogens (tertiary/aromatic N) is 1. The summed E-state index contributed by atoms with van der Waals surface area (Å²) in [6.45, 7) is 6.51. The van der Waals surface area contributed by atoms with Crippen LogP contribution in [0.5, 0.6) is 0 Å². The first-order valence-electron chi connectivity index (χ1n) is 6.06. The molecule has 0 aromatic carbocycles. The summed E-state index contributed by atoms with van der Waals surface area (Å²) in [5.74, 6) is 5.64. The maximum absolute atomic E-state index is 5.97. The number of thiophene rings is 1. The Labute approximate surface area is 126 Å². The monoisotopic (exact) mass is 315 g/mol. The van der Waals surface area contributed by atoms with E-state index in [0.29, 0.717) is 0 Å². The molecule has 0 aliphatic rings. The predicted molar refractivity (Wildman–Crippen MR) is 83.9 cm³/mol. The molecule has 0 amide bonds. The molecule has 2 aromatic rings. The van der Waals surface area contributed by atoms with Gasteiger partial charge in [-0.05, 0) is 12.1 Å². The van der Waals surface area contributed by atoms with Crippen molar-refractivity contribution < 1.29 is 0 Å². The van der Waals surface area contributed by atoms with Crippen molar-refractivity contribution in [3.05, 3.63) is 37.4 Å². The lowest BCUT2D eigenvalue weighted by Crippen LogP contribution is -2.29. The molecule has 19 heavy (non-hydrogen) atoms. The number of hydrogen-bond donors (Lipinski definition) is 2. The van der Waals surface area contributed by atoms with Crippen LogP contribution in [-0.4, -0.2) is 4.98 Å². The Kier molecular flexibility index (Phi) is 4.63. The van der Waals surface area contributed by atoms with Gasteiger partial charge in [-0.15, -0.1) is 22.7 Å². The lowest BCUT2D eigenvalue weighted by molar-refractivity contribution is 0.547. The Morgan fingerprint density at radius 2 is 2.16 bits per heavy atom. The molecule has 1 atom stereocenters. The van der Waals surface area contributed by atoms with Gasteiger partial charge in [0.05, 0.1) is 21.1 Å². The molecule has 0 fully saturated rings. The quantitative estimate of drug-likeness (QED) is 0.664. The largest absolute Gasteiger partial charge is 0.271 e. The number of hydrazine groups is 1. The molecular formula is C13H18ClN3S2. The van der Waals surface area contributed by atoms with E-state index in [1.165, 1.54) is 0 Å². The zero-order chi connectivity index (χ0) is 14.0. The Morgan fingerprint density at radius 3 is 2.63 bits per heavy atom. The molecule has 2 rings (SSSR count). The first kappa shape index (κ1) is 14.9. The number of nitrogens with two attached hydrogens (primary N) is 1. The highest BCUT2D eigenvalue weighted by Gasteiger charge is 2.20. The number of thiazole rings is 1. The molecule has 3 N–H and O–H groups in total. The summed E-state index contributed by atoms with van der Waals surface area (Å²) in [7, 11) is 0.